The minimum Gasteiger partial charge on any atom is -0.368 e. The van der Waals surface area contributed by atoms with Gasteiger partial charge in [-0.2, -0.15) is 5.26 Å². The Morgan fingerprint density at radius 1 is 0.972 bits per heavy atom. The van der Waals surface area contributed by atoms with E-state index in [9.17, 15) is 5.26 Å². The molecule has 0 bridgehead atoms. The van der Waals surface area contributed by atoms with Crippen molar-refractivity contribution in [1.29, 1.82) is 5.26 Å². The standard InChI is InChI=1S/C27H29N9/c1-2-26(35-12-4-3-5-13-35)22-11-7-10-21(30-22)17-36-18-25(33-34-36)24-15-23(31-27(29)32-24)20-9-6-8-19(14-20)16-28/h6-11,14-15,18,26H,2-5,12-13,17H2,1H3,(H2,29,31,32)/t26-/m1/s1. The molecule has 1 aromatic carbocycles. The fourth-order valence-corrected chi connectivity index (χ4v) is 4.81. The topological polar surface area (TPSA) is 122 Å². The Bertz CT molecular complexity index is 1380. The van der Waals surface area contributed by atoms with E-state index in [-0.39, 0.29) is 5.95 Å². The van der Waals surface area contributed by atoms with Gasteiger partial charge in [-0.3, -0.25) is 9.88 Å². The third kappa shape index (κ3) is 5.24. The number of hydrogen-bond donors (Lipinski definition) is 1. The molecule has 182 valence electrons. The summed E-state index contributed by atoms with van der Waals surface area (Å²) in [7, 11) is 0. The first-order valence-electron chi connectivity index (χ1n) is 12.4. The highest BCUT2D eigenvalue weighted by Crippen LogP contribution is 2.27. The summed E-state index contributed by atoms with van der Waals surface area (Å²) in [5.41, 5.74) is 11.2. The Hall–Kier alpha value is -4.16. The summed E-state index contributed by atoms with van der Waals surface area (Å²) < 4.78 is 1.76. The summed E-state index contributed by atoms with van der Waals surface area (Å²) in [6.45, 7) is 5.02. The highest BCUT2D eigenvalue weighted by atomic mass is 15.4. The number of rotatable bonds is 7. The summed E-state index contributed by atoms with van der Waals surface area (Å²) >= 11 is 0. The third-order valence-corrected chi connectivity index (χ3v) is 6.54. The molecule has 9 nitrogen and oxygen atoms in total. The lowest BCUT2D eigenvalue weighted by Crippen LogP contribution is -2.34. The van der Waals surface area contributed by atoms with E-state index < -0.39 is 0 Å². The Kier molecular flexibility index (Phi) is 6.96. The van der Waals surface area contributed by atoms with Crippen molar-refractivity contribution in [2.45, 2.75) is 45.2 Å². The van der Waals surface area contributed by atoms with Crippen molar-refractivity contribution < 1.29 is 0 Å². The Morgan fingerprint density at radius 3 is 2.58 bits per heavy atom. The van der Waals surface area contributed by atoms with Gasteiger partial charge in [0.25, 0.3) is 0 Å². The highest BCUT2D eigenvalue weighted by molar-refractivity contribution is 5.68. The summed E-state index contributed by atoms with van der Waals surface area (Å²) in [6.07, 6.45) is 6.72. The van der Waals surface area contributed by atoms with Crippen molar-refractivity contribution in [3.63, 3.8) is 0 Å². The van der Waals surface area contributed by atoms with Gasteiger partial charge in [0, 0.05) is 5.56 Å². The number of hydrogen-bond acceptors (Lipinski definition) is 8. The van der Waals surface area contributed by atoms with Gasteiger partial charge < -0.3 is 5.73 Å². The van der Waals surface area contributed by atoms with Crippen LogP contribution in [0.3, 0.4) is 0 Å². The van der Waals surface area contributed by atoms with Crippen LogP contribution in [0.25, 0.3) is 22.6 Å². The number of aromatic nitrogens is 6. The van der Waals surface area contributed by atoms with Gasteiger partial charge in [-0.1, -0.05) is 36.8 Å². The summed E-state index contributed by atoms with van der Waals surface area (Å²) in [4.78, 5) is 16.2. The number of piperidine rings is 1. The minimum absolute atomic E-state index is 0.136. The van der Waals surface area contributed by atoms with Crippen LogP contribution in [0.1, 0.15) is 55.6 Å². The van der Waals surface area contributed by atoms with Crippen LogP contribution in [0.2, 0.25) is 0 Å². The van der Waals surface area contributed by atoms with E-state index in [4.69, 9.17) is 10.7 Å². The molecule has 0 radical (unpaired) electrons. The van der Waals surface area contributed by atoms with Crippen LogP contribution < -0.4 is 5.73 Å². The molecule has 1 atom stereocenters. The molecule has 0 unspecified atom stereocenters. The first kappa shape index (κ1) is 23.6. The van der Waals surface area contributed by atoms with Crippen LogP contribution in [0.4, 0.5) is 5.95 Å². The zero-order valence-electron chi connectivity index (χ0n) is 20.4. The molecule has 0 saturated carbocycles. The molecule has 0 amide bonds. The fourth-order valence-electron chi connectivity index (χ4n) is 4.81. The van der Waals surface area contributed by atoms with Crippen molar-refractivity contribution in [2.24, 2.45) is 0 Å². The van der Waals surface area contributed by atoms with Crippen molar-refractivity contribution in [2.75, 3.05) is 18.8 Å². The number of nitrogens with two attached hydrogens (primary N) is 1. The number of likely N-dealkylation sites (tertiary alicyclic amines) is 1. The quantitative estimate of drug-likeness (QED) is 0.418. The molecule has 1 saturated heterocycles. The van der Waals surface area contributed by atoms with E-state index in [0.717, 1.165) is 36.5 Å². The molecule has 1 fully saturated rings. The second-order valence-electron chi connectivity index (χ2n) is 9.07. The van der Waals surface area contributed by atoms with E-state index in [2.05, 4.69) is 50.3 Å². The first-order chi connectivity index (χ1) is 17.6. The number of anilines is 1. The van der Waals surface area contributed by atoms with E-state index >= 15 is 0 Å². The van der Waals surface area contributed by atoms with E-state index in [1.807, 2.05) is 30.5 Å². The molecule has 1 aliphatic rings. The van der Waals surface area contributed by atoms with Crippen molar-refractivity contribution in [3.05, 3.63) is 71.7 Å². The Morgan fingerprint density at radius 2 is 1.78 bits per heavy atom. The number of nitrogen functional groups attached to an aromatic ring is 1. The Labute approximate surface area is 210 Å². The van der Waals surface area contributed by atoms with Gasteiger partial charge in [0.2, 0.25) is 5.95 Å². The van der Waals surface area contributed by atoms with E-state index in [1.54, 1.807) is 16.8 Å². The zero-order chi connectivity index (χ0) is 24.9. The lowest BCUT2D eigenvalue weighted by molar-refractivity contribution is 0.156. The number of pyridine rings is 1. The Balaban J connectivity index is 1.36. The smallest absolute Gasteiger partial charge is 0.221 e. The van der Waals surface area contributed by atoms with Crippen LogP contribution in [-0.2, 0) is 6.54 Å². The monoisotopic (exact) mass is 479 g/mol. The second kappa shape index (κ2) is 10.6. The maximum atomic E-state index is 9.21. The summed E-state index contributed by atoms with van der Waals surface area (Å²) in [5, 5.41) is 17.8. The maximum absolute atomic E-state index is 9.21. The van der Waals surface area contributed by atoms with E-state index in [0.29, 0.717) is 35.2 Å². The van der Waals surface area contributed by atoms with E-state index in [1.165, 1.54) is 19.3 Å². The summed E-state index contributed by atoms with van der Waals surface area (Å²) in [6, 6.07) is 17.8. The van der Waals surface area contributed by atoms with Crippen LogP contribution in [0.5, 0.6) is 0 Å². The predicted molar refractivity (Wildman–Crippen MR) is 137 cm³/mol. The predicted octanol–water partition coefficient (Wildman–Crippen LogP) is 4.24. The first-order valence-corrected chi connectivity index (χ1v) is 12.4. The van der Waals surface area contributed by atoms with Crippen molar-refractivity contribution in [3.8, 4) is 28.7 Å². The molecule has 4 heterocycles. The largest absolute Gasteiger partial charge is 0.368 e. The van der Waals surface area contributed by atoms with Crippen molar-refractivity contribution >= 4 is 5.95 Å². The molecule has 2 N–H and O–H groups in total. The lowest BCUT2D eigenvalue weighted by Gasteiger charge is -2.33. The van der Waals surface area contributed by atoms with Gasteiger partial charge in [0.1, 0.15) is 5.69 Å². The normalized spacial score (nSPS) is 14.9. The third-order valence-electron chi connectivity index (χ3n) is 6.54. The van der Waals surface area contributed by atoms with Crippen molar-refractivity contribution in [1.82, 2.24) is 34.8 Å². The fraction of sp³-hybridized carbons (Fsp3) is 0.333. The highest BCUT2D eigenvalue weighted by Gasteiger charge is 2.22. The molecule has 5 rings (SSSR count). The average Bonchev–Trinajstić information content (AvgIpc) is 3.38. The van der Waals surface area contributed by atoms with Gasteiger partial charge in [-0.25, -0.2) is 14.6 Å². The average molecular weight is 480 g/mol. The minimum atomic E-state index is 0.136. The van der Waals surface area contributed by atoms with Gasteiger partial charge >= 0.3 is 0 Å². The van der Waals surface area contributed by atoms with Gasteiger partial charge in [-0.15, -0.1) is 5.10 Å². The van der Waals surface area contributed by atoms with Crippen LogP contribution in [-0.4, -0.2) is 47.9 Å². The molecule has 1 aliphatic heterocycles. The second-order valence-corrected chi connectivity index (χ2v) is 9.07. The lowest BCUT2D eigenvalue weighted by atomic mass is 10.0. The molecular formula is C27H29N9. The molecule has 0 spiro atoms. The SMILES string of the molecule is CC[C@H](c1cccc(Cn2cc(-c3cc(-c4cccc(C#N)c4)nc(N)n3)nn2)n1)N1CCCCC1. The van der Waals surface area contributed by atoms with Crippen LogP contribution in [0.15, 0.2) is 54.7 Å². The number of nitrogens with zero attached hydrogens (tertiary/aromatic N) is 8. The summed E-state index contributed by atoms with van der Waals surface area (Å²) in [5.74, 6) is 0.136. The number of benzene rings is 1. The molecule has 36 heavy (non-hydrogen) atoms. The molecule has 3 aromatic heterocycles. The molecule has 4 aromatic rings. The van der Waals surface area contributed by atoms with Gasteiger partial charge in [0.15, 0.2) is 0 Å². The molecule has 9 heteroatoms. The van der Waals surface area contributed by atoms with Crippen LogP contribution >= 0.6 is 0 Å². The zero-order valence-corrected chi connectivity index (χ0v) is 20.4. The van der Waals surface area contributed by atoms with Gasteiger partial charge in [-0.05, 0) is 62.7 Å². The van der Waals surface area contributed by atoms with Gasteiger partial charge in [0.05, 0.1) is 53.2 Å². The van der Waals surface area contributed by atoms with Crippen LogP contribution in [0, 0.1) is 11.3 Å². The number of nitriles is 1. The maximum Gasteiger partial charge on any atom is 0.221 e. The molecule has 0 aliphatic carbocycles. The molecular weight excluding hydrogens is 450 g/mol.